The highest BCUT2D eigenvalue weighted by molar-refractivity contribution is 5.72. The van der Waals surface area contributed by atoms with E-state index in [2.05, 4.69) is 34.5 Å². The van der Waals surface area contributed by atoms with E-state index in [9.17, 15) is 4.79 Å². The van der Waals surface area contributed by atoms with E-state index in [-0.39, 0.29) is 5.91 Å². The van der Waals surface area contributed by atoms with Crippen LogP contribution in [0.3, 0.4) is 0 Å². The summed E-state index contributed by atoms with van der Waals surface area (Å²) in [5.74, 6) is 0.0431. The zero-order chi connectivity index (χ0) is 14.4. The third-order valence-electron chi connectivity index (χ3n) is 3.55. The molecule has 1 aliphatic rings. The second kappa shape index (κ2) is 7.24. The fourth-order valence-electron chi connectivity index (χ4n) is 2.45. The van der Waals surface area contributed by atoms with E-state index in [1.165, 1.54) is 11.1 Å². The lowest BCUT2D eigenvalue weighted by Gasteiger charge is -2.25. The Morgan fingerprint density at radius 3 is 2.95 bits per heavy atom. The van der Waals surface area contributed by atoms with Crippen molar-refractivity contribution >= 4 is 11.5 Å². The number of hydrogen-bond acceptors (Lipinski definition) is 3. The average Bonchev–Trinajstić information content (AvgIpc) is 2.88. The second-order valence-electron chi connectivity index (χ2n) is 5.26. The number of hydrogen-bond donors (Lipinski definition) is 1. The first-order valence-electron chi connectivity index (χ1n) is 7.37. The largest absolute Gasteiger partial charge is 0.355 e. The summed E-state index contributed by atoms with van der Waals surface area (Å²) < 4.78 is 2.01. The van der Waals surface area contributed by atoms with E-state index in [1.807, 2.05) is 10.9 Å². The van der Waals surface area contributed by atoms with E-state index in [1.54, 1.807) is 6.92 Å². The van der Waals surface area contributed by atoms with Gasteiger partial charge in [-0.25, -0.2) is 0 Å². The molecule has 2 heterocycles. The molecule has 1 aliphatic heterocycles. The molecule has 0 spiro atoms. The molecule has 2 rings (SSSR count). The first-order chi connectivity index (χ1) is 9.69. The van der Waals surface area contributed by atoms with Gasteiger partial charge in [-0.3, -0.25) is 14.4 Å². The molecule has 110 valence electrons. The van der Waals surface area contributed by atoms with Crippen molar-refractivity contribution in [2.75, 3.05) is 26.2 Å². The van der Waals surface area contributed by atoms with E-state index < -0.39 is 0 Å². The van der Waals surface area contributed by atoms with Crippen molar-refractivity contribution in [2.24, 2.45) is 0 Å². The highest BCUT2D eigenvalue weighted by Crippen LogP contribution is 2.21. The minimum Gasteiger partial charge on any atom is -0.355 e. The Balaban J connectivity index is 1.83. The maximum atomic E-state index is 10.8. The Hall–Kier alpha value is -1.62. The lowest BCUT2D eigenvalue weighted by Crippen LogP contribution is -2.36. The summed E-state index contributed by atoms with van der Waals surface area (Å²) in [4.78, 5) is 13.2. The number of carbonyl (C=O) groups is 1. The van der Waals surface area contributed by atoms with Crippen LogP contribution in [0.4, 0.5) is 0 Å². The van der Waals surface area contributed by atoms with Crippen LogP contribution in [0.1, 0.15) is 32.3 Å². The topological polar surface area (TPSA) is 50.2 Å². The Morgan fingerprint density at radius 1 is 1.45 bits per heavy atom. The minimum absolute atomic E-state index is 0.0431. The minimum atomic E-state index is 0.0431. The average molecular weight is 276 g/mol. The lowest BCUT2D eigenvalue weighted by molar-refractivity contribution is -0.119. The van der Waals surface area contributed by atoms with Crippen LogP contribution in [0, 0.1) is 0 Å². The Bertz CT molecular complexity index is 478. The van der Waals surface area contributed by atoms with Crippen LogP contribution < -0.4 is 5.32 Å². The van der Waals surface area contributed by atoms with Gasteiger partial charge in [0.1, 0.15) is 0 Å². The fourth-order valence-corrected chi connectivity index (χ4v) is 2.45. The van der Waals surface area contributed by atoms with Gasteiger partial charge in [-0.2, -0.15) is 5.10 Å². The molecule has 20 heavy (non-hydrogen) atoms. The van der Waals surface area contributed by atoms with Gasteiger partial charge in [0.25, 0.3) is 0 Å². The summed E-state index contributed by atoms with van der Waals surface area (Å²) in [6, 6.07) is 0. The SMILES string of the molecule is CCCn1cc(C2=CCN(CCNC(C)=O)CC2)cn1. The van der Waals surface area contributed by atoms with E-state index >= 15 is 0 Å². The molecule has 0 fully saturated rings. The zero-order valence-electron chi connectivity index (χ0n) is 12.4. The maximum absolute atomic E-state index is 10.8. The summed E-state index contributed by atoms with van der Waals surface area (Å²) in [6.07, 6.45) is 8.55. The molecule has 1 amide bonds. The fraction of sp³-hybridized carbons (Fsp3) is 0.600. The summed E-state index contributed by atoms with van der Waals surface area (Å²) in [6.45, 7) is 8.34. The van der Waals surface area contributed by atoms with Gasteiger partial charge in [0, 0.05) is 51.4 Å². The monoisotopic (exact) mass is 276 g/mol. The third-order valence-corrected chi connectivity index (χ3v) is 3.55. The van der Waals surface area contributed by atoms with Gasteiger partial charge in [-0.05, 0) is 18.4 Å². The van der Waals surface area contributed by atoms with Crippen LogP contribution >= 0.6 is 0 Å². The number of aryl methyl sites for hydroxylation is 1. The van der Waals surface area contributed by atoms with Crippen LogP contribution in [-0.4, -0.2) is 46.8 Å². The maximum Gasteiger partial charge on any atom is 0.216 e. The molecular formula is C15H24N4O. The molecule has 5 heteroatoms. The van der Waals surface area contributed by atoms with Crippen LogP contribution in [0.2, 0.25) is 0 Å². The van der Waals surface area contributed by atoms with Crippen LogP contribution in [0.5, 0.6) is 0 Å². The van der Waals surface area contributed by atoms with Gasteiger partial charge >= 0.3 is 0 Å². The van der Waals surface area contributed by atoms with Gasteiger partial charge in [0.15, 0.2) is 0 Å². The normalized spacial score (nSPS) is 16.0. The molecule has 1 aromatic rings. The van der Waals surface area contributed by atoms with Crippen molar-refractivity contribution in [3.05, 3.63) is 24.0 Å². The predicted molar refractivity (Wildman–Crippen MR) is 80.2 cm³/mol. The molecule has 0 radical (unpaired) electrons. The molecule has 1 N–H and O–H groups in total. The van der Waals surface area contributed by atoms with E-state index in [4.69, 9.17) is 0 Å². The number of rotatable bonds is 6. The summed E-state index contributed by atoms with van der Waals surface area (Å²) in [5, 5.41) is 7.22. The first kappa shape index (κ1) is 14.8. The van der Waals surface area contributed by atoms with Crippen LogP contribution in [0.25, 0.3) is 5.57 Å². The van der Waals surface area contributed by atoms with Crippen molar-refractivity contribution in [1.29, 1.82) is 0 Å². The molecule has 0 saturated carbocycles. The Morgan fingerprint density at radius 2 is 2.30 bits per heavy atom. The first-order valence-corrected chi connectivity index (χ1v) is 7.37. The summed E-state index contributed by atoms with van der Waals surface area (Å²) in [5.41, 5.74) is 2.64. The van der Waals surface area contributed by atoms with E-state index in [0.717, 1.165) is 45.6 Å². The summed E-state index contributed by atoms with van der Waals surface area (Å²) >= 11 is 0. The molecular weight excluding hydrogens is 252 g/mol. The molecule has 0 aliphatic carbocycles. The van der Waals surface area contributed by atoms with Crippen molar-refractivity contribution in [1.82, 2.24) is 20.0 Å². The third kappa shape index (κ3) is 4.20. The van der Waals surface area contributed by atoms with Crippen molar-refractivity contribution in [3.8, 4) is 0 Å². The standard InChI is InChI=1S/C15H24N4O/c1-3-7-19-12-15(11-17-19)14-4-8-18(9-5-14)10-6-16-13(2)20/h4,11-12H,3,5-10H2,1-2H3,(H,16,20). The quantitative estimate of drug-likeness (QED) is 0.857. The highest BCUT2D eigenvalue weighted by atomic mass is 16.1. The Labute approximate surface area is 120 Å². The van der Waals surface area contributed by atoms with Crippen molar-refractivity contribution < 1.29 is 4.79 Å². The van der Waals surface area contributed by atoms with Crippen LogP contribution in [0.15, 0.2) is 18.5 Å². The summed E-state index contributed by atoms with van der Waals surface area (Å²) in [7, 11) is 0. The van der Waals surface area contributed by atoms with Gasteiger partial charge in [0.05, 0.1) is 6.20 Å². The lowest BCUT2D eigenvalue weighted by atomic mass is 10.0. The molecule has 5 nitrogen and oxygen atoms in total. The number of amides is 1. The molecule has 0 atom stereocenters. The molecule has 0 aromatic carbocycles. The van der Waals surface area contributed by atoms with Gasteiger partial charge < -0.3 is 5.32 Å². The van der Waals surface area contributed by atoms with Gasteiger partial charge in [-0.15, -0.1) is 0 Å². The molecule has 0 unspecified atom stereocenters. The number of aromatic nitrogens is 2. The molecule has 1 aromatic heterocycles. The molecule has 0 saturated heterocycles. The van der Waals surface area contributed by atoms with Gasteiger partial charge in [-0.1, -0.05) is 13.0 Å². The highest BCUT2D eigenvalue weighted by Gasteiger charge is 2.13. The van der Waals surface area contributed by atoms with Crippen LogP contribution in [-0.2, 0) is 11.3 Å². The predicted octanol–water partition coefficient (Wildman–Crippen LogP) is 1.52. The molecule has 0 bridgehead atoms. The number of carbonyl (C=O) groups excluding carboxylic acids is 1. The van der Waals surface area contributed by atoms with Crippen molar-refractivity contribution in [2.45, 2.75) is 33.2 Å². The smallest absolute Gasteiger partial charge is 0.216 e. The number of nitrogens with zero attached hydrogens (tertiary/aromatic N) is 3. The zero-order valence-corrected chi connectivity index (χ0v) is 12.4. The second-order valence-corrected chi connectivity index (χ2v) is 5.26. The van der Waals surface area contributed by atoms with Crippen molar-refractivity contribution in [3.63, 3.8) is 0 Å². The van der Waals surface area contributed by atoms with E-state index in [0.29, 0.717) is 0 Å². The Kier molecular flexibility index (Phi) is 5.35. The number of nitrogens with one attached hydrogen (secondary N) is 1. The van der Waals surface area contributed by atoms with Gasteiger partial charge in [0.2, 0.25) is 5.91 Å².